The van der Waals surface area contributed by atoms with Crippen molar-refractivity contribution in [3.05, 3.63) is 53.6 Å². The molecule has 0 fully saturated rings. The second kappa shape index (κ2) is 4.23. The minimum Gasteiger partial charge on any atom is -0.372 e. The maximum atomic E-state index is 5.39. The predicted octanol–water partition coefficient (Wildman–Crippen LogP) is 3.69. The third-order valence-electron chi connectivity index (χ3n) is 3.43. The Bertz CT molecular complexity index is 634. The van der Waals surface area contributed by atoms with Crippen LogP contribution in [0.5, 0.6) is 0 Å². The van der Waals surface area contributed by atoms with Gasteiger partial charge in [0.1, 0.15) is 0 Å². The van der Waals surface area contributed by atoms with Gasteiger partial charge in [0.15, 0.2) is 0 Å². The fraction of sp³-hybridized carbons (Fsp3) is 0.176. The summed E-state index contributed by atoms with van der Waals surface area (Å²) in [5, 5.41) is 3.31. The largest absolute Gasteiger partial charge is 0.372 e. The first kappa shape index (κ1) is 10.9. The molecule has 2 aromatic rings. The van der Waals surface area contributed by atoms with Crippen LogP contribution in [0.3, 0.4) is 0 Å². The molecule has 1 N–H and O–H groups in total. The van der Waals surface area contributed by atoms with Crippen molar-refractivity contribution in [3.8, 4) is 23.5 Å². The van der Waals surface area contributed by atoms with Crippen LogP contribution in [-0.2, 0) is 6.42 Å². The summed E-state index contributed by atoms with van der Waals surface area (Å²) < 4.78 is 0. The average molecular weight is 233 g/mol. The van der Waals surface area contributed by atoms with Crippen molar-refractivity contribution in [1.82, 2.24) is 0 Å². The van der Waals surface area contributed by atoms with Crippen molar-refractivity contribution in [2.24, 2.45) is 0 Å². The number of rotatable bonds is 2. The maximum Gasteiger partial charge on any atom is 0.0845 e. The summed E-state index contributed by atoms with van der Waals surface area (Å²) in [6.07, 6.45) is 6.41. The highest BCUT2D eigenvalue weighted by Gasteiger charge is 2.17. The molecule has 0 saturated carbocycles. The Morgan fingerprint density at radius 2 is 1.89 bits per heavy atom. The van der Waals surface area contributed by atoms with Crippen molar-refractivity contribution in [2.75, 3.05) is 5.32 Å². The number of hydrogen-bond donors (Lipinski definition) is 1. The molecule has 0 radical (unpaired) electrons. The maximum absolute atomic E-state index is 5.39. The van der Waals surface area contributed by atoms with E-state index in [-0.39, 0.29) is 6.04 Å². The van der Waals surface area contributed by atoms with Crippen LogP contribution in [-0.4, -0.2) is 6.04 Å². The Balaban J connectivity index is 1.96. The summed E-state index contributed by atoms with van der Waals surface area (Å²) in [5.74, 6) is 2.69. The summed E-state index contributed by atoms with van der Waals surface area (Å²) in [5.41, 5.74) is 6.61. The molecule has 1 heteroatoms. The Morgan fingerprint density at radius 1 is 1.11 bits per heavy atom. The van der Waals surface area contributed by atoms with Crippen LogP contribution in [0, 0.1) is 12.3 Å². The van der Waals surface area contributed by atoms with Crippen LogP contribution in [0.1, 0.15) is 18.1 Å². The SMILES string of the molecule is C#CC(C)Nc1ccc2c(c1)Cc1ccccc1-2. The molecule has 2 aromatic carbocycles. The molecule has 0 amide bonds. The average Bonchev–Trinajstić information content (AvgIpc) is 2.76. The highest BCUT2D eigenvalue weighted by Crippen LogP contribution is 2.37. The Kier molecular flexibility index (Phi) is 2.57. The van der Waals surface area contributed by atoms with Crippen molar-refractivity contribution in [2.45, 2.75) is 19.4 Å². The third kappa shape index (κ3) is 1.76. The van der Waals surface area contributed by atoms with Gasteiger partial charge < -0.3 is 5.32 Å². The zero-order chi connectivity index (χ0) is 12.5. The number of hydrogen-bond acceptors (Lipinski definition) is 1. The molecule has 3 rings (SSSR count). The Hall–Kier alpha value is -2.20. The van der Waals surface area contributed by atoms with E-state index in [2.05, 4.69) is 53.7 Å². The van der Waals surface area contributed by atoms with Gasteiger partial charge in [-0.15, -0.1) is 6.42 Å². The second-order valence-electron chi connectivity index (χ2n) is 4.74. The second-order valence-corrected chi connectivity index (χ2v) is 4.74. The summed E-state index contributed by atoms with van der Waals surface area (Å²) in [6.45, 7) is 1.99. The lowest BCUT2D eigenvalue weighted by atomic mass is 10.1. The highest BCUT2D eigenvalue weighted by atomic mass is 14.9. The predicted molar refractivity (Wildman–Crippen MR) is 76.6 cm³/mol. The highest BCUT2D eigenvalue weighted by molar-refractivity contribution is 5.78. The number of benzene rings is 2. The molecule has 0 aliphatic heterocycles. The number of terminal acetylenes is 1. The van der Waals surface area contributed by atoms with Gasteiger partial charge >= 0.3 is 0 Å². The molecule has 0 bridgehead atoms. The van der Waals surface area contributed by atoms with Gasteiger partial charge in [-0.3, -0.25) is 0 Å². The quantitative estimate of drug-likeness (QED) is 0.666. The zero-order valence-electron chi connectivity index (χ0n) is 10.4. The van der Waals surface area contributed by atoms with E-state index in [9.17, 15) is 0 Å². The molecule has 0 aromatic heterocycles. The van der Waals surface area contributed by atoms with Gasteiger partial charge in [-0.2, -0.15) is 0 Å². The van der Waals surface area contributed by atoms with Crippen LogP contribution < -0.4 is 5.32 Å². The molecule has 0 heterocycles. The van der Waals surface area contributed by atoms with Gasteiger partial charge in [0.2, 0.25) is 0 Å². The summed E-state index contributed by atoms with van der Waals surface area (Å²) in [4.78, 5) is 0. The van der Waals surface area contributed by atoms with Gasteiger partial charge in [0.05, 0.1) is 6.04 Å². The normalized spacial score (nSPS) is 13.3. The molecule has 88 valence electrons. The minimum atomic E-state index is 0.0619. The van der Waals surface area contributed by atoms with Crippen LogP contribution in [0.4, 0.5) is 5.69 Å². The van der Waals surface area contributed by atoms with E-state index < -0.39 is 0 Å². The van der Waals surface area contributed by atoms with Gasteiger partial charge in [-0.05, 0) is 47.7 Å². The van der Waals surface area contributed by atoms with Gasteiger partial charge in [0, 0.05) is 5.69 Å². The van der Waals surface area contributed by atoms with Crippen molar-refractivity contribution >= 4 is 5.69 Å². The van der Waals surface area contributed by atoms with Crippen LogP contribution in [0.15, 0.2) is 42.5 Å². The number of anilines is 1. The molecule has 1 nitrogen and oxygen atoms in total. The molecule has 1 unspecified atom stereocenters. The smallest absolute Gasteiger partial charge is 0.0845 e. The van der Waals surface area contributed by atoms with Gasteiger partial charge in [-0.25, -0.2) is 0 Å². The van der Waals surface area contributed by atoms with Crippen molar-refractivity contribution in [3.63, 3.8) is 0 Å². The van der Waals surface area contributed by atoms with Crippen LogP contribution >= 0.6 is 0 Å². The number of nitrogens with one attached hydrogen (secondary N) is 1. The molecular formula is C17H15N. The van der Waals surface area contributed by atoms with E-state index in [0.717, 1.165) is 12.1 Å². The van der Waals surface area contributed by atoms with E-state index in [1.54, 1.807) is 0 Å². The van der Waals surface area contributed by atoms with E-state index in [1.807, 2.05) is 6.92 Å². The third-order valence-corrected chi connectivity index (χ3v) is 3.43. The Labute approximate surface area is 108 Å². The monoisotopic (exact) mass is 233 g/mol. The molecule has 0 spiro atoms. The first-order valence-corrected chi connectivity index (χ1v) is 6.22. The minimum absolute atomic E-state index is 0.0619. The fourth-order valence-electron chi connectivity index (χ4n) is 2.53. The van der Waals surface area contributed by atoms with Crippen LogP contribution in [0.25, 0.3) is 11.1 Å². The van der Waals surface area contributed by atoms with Gasteiger partial charge in [0.25, 0.3) is 0 Å². The summed E-state index contributed by atoms with van der Waals surface area (Å²) >= 11 is 0. The van der Waals surface area contributed by atoms with Crippen molar-refractivity contribution in [1.29, 1.82) is 0 Å². The lowest BCUT2D eigenvalue weighted by Gasteiger charge is -2.10. The van der Waals surface area contributed by atoms with Gasteiger partial charge in [-0.1, -0.05) is 36.3 Å². The van der Waals surface area contributed by atoms with Crippen molar-refractivity contribution < 1.29 is 0 Å². The van der Waals surface area contributed by atoms with Crippen LogP contribution in [0.2, 0.25) is 0 Å². The topological polar surface area (TPSA) is 12.0 Å². The van der Waals surface area contributed by atoms with E-state index in [4.69, 9.17) is 6.42 Å². The lowest BCUT2D eigenvalue weighted by molar-refractivity contribution is 1.03. The van der Waals surface area contributed by atoms with E-state index in [0.29, 0.717) is 0 Å². The molecule has 1 aliphatic carbocycles. The number of fused-ring (bicyclic) bond motifs is 3. The first-order valence-electron chi connectivity index (χ1n) is 6.22. The fourth-order valence-corrected chi connectivity index (χ4v) is 2.53. The lowest BCUT2D eigenvalue weighted by Crippen LogP contribution is -2.11. The first-order chi connectivity index (χ1) is 8.78. The Morgan fingerprint density at radius 3 is 2.72 bits per heavy atom. The molecule has 1 atom stereocenters. The summed E-state index contributed by atoms with van der Waals surface area (Å²) in [7, 11) is 0. The summed E-state index contributed by atoms with van der Waals surface area (Å²) in [6, 6.07) is 15.2. The van der Waals surface area contributed by atoms with E-state index >= 15 is 0 Å². The molecular weight excluding hydrogens is 218 g/mol. The standard InChI is InChI=1S/C17H15N/c1-3-12(2)18-15-8-9-17-14(11-15)10-13-6-4-5-7-16(13)17/h1,4-9,11-12,18H,10H2,2H3. The molecule has 1 aliphatic rings. The zero-order valence-corrected chi connectivity index (χ0v) is 10.4. The van der Waals surface area contributed by atoms with E-state index in [1.165, 1.54) is 22.3 Å². The molecule has 0 saturated heterocycles. The molecule has 18 heavy (non-hydrogen) atoms.